The molecule has 10 nitrogen and oxygen atoms in total. The van der Waals surface area contributed by atoms with Gasteiger partial charge in [0, 0.05) is 24.6 Å². The average molecular weight is 498 g/mol. The van der Waals surface area contributed by atoms with Crippen LogP contribution in [0.4, 0.5) is 10.3 Å². The minimum atomic E-state index is -3.66. The van der Waals surface area contributed by atoms with Gasteiger partial charge in [0.15, 0.2) is 0 Å². The summed E-state index contributed by atoms with van der Waals surface area (Å²) in [5.74, 6) is -1.75. The van der Waals surface area contributed by atoms with E-state index in [2.05, 4.69) is 14.9 Å². The smallest absolute Gasteiger partial charge is 0.344 e. The first kappa shape index (κ1) is 27.3. The third-order valence-electron chi connectivity index (χ3n) is 4.91. The van der Waals surface area contributed by atoms with Crippen molar-refractivity contribution < 1.29 is 38.0 Å². The molecule has 12 heteroatoms. The van der Waals surface area contributed by atoms with E-state index in [9.17, 15) is 27.8 Å². The van der Waals surface area contributed by atoms with Crippen molar-refractivity contribution in [1.29, 1.82) is 0 Å². The maximum absolute atomic E-state index is 13.5. The summed E-state index contributed by atoms with van der Waals surface area (Å²) >= 11 is 0. The van der Waals surface area contributed by atoms with Crippen LogP contribution in [0.15, 0.2) is 30.3 Å². The van der Waals surface area contributed by atoms with Gasteiger partial charge in [-0.3, -0.25) is 0 Å². The number of rotatable bonds is 10. The minimum Gasteiger partial charge on any atom is -0.392 e. The second-order valence-electron chi connectivity index (χ2n) is 8.05. The summed E-state index contributed by atoms with van der Waals surface area (Å²) in [6.45, 7) is 3.69. The van der Waals surface area contributed by atoms with E-state index >= 15 is 0 Å². The maximum Gasteiger partial charge on any atom is 0.344 e. The summed E-state index contributed by atoms with van der Waals surface area (Å²) in [5, 5.41) is 28.5. The number of sulfonamides is 1. The van der Waals surface area contributed by atoms with E-state index in [4.69, 9.17) is 5.26 Å². The quantitative estimate of drug-likeness (QED) is 0.332. The number of halogens is 1. The van der Waals surface area contributed by atoms with E-state index in [1.54, 1.807) is 0 Å². The van der Waals surface area contributed by atoms with Crippen LogP contribution < -0.4 is 4.31 Å². The molecule has 0 unspecified atom stereocenters. The molecule has 34 heavy (non-hydrogen) atoms. The minimum absolute atomic E-state index is 0.0684. The third-order valence-corrected chi connectivity index (χ3v) is 6.07. The number of aliphatic hydroxyl groups is 2. The molecule has 2 aromatic rings. The molecule has 2 rings (SSSR count). The largest absolute Gasteiger partial charge is 0.392 e. The highest BCUT2D eigenvalue weighted by molar-refractivity contribution is 7.92. The van der Waals surface area contributed by atoms with Crippen LogP contribution >= 0.6 is 0 Å². The molecule has 0 radical (unpaired) electrons. The average Bonchev–Trinajstić information content (AvgIpc) is 2.76. The summed E-state index contributed by atoms with van der Waals surface area (Å²) in [7, 11) is -2.34. The topological polar surface area (TPSA) is 150 Å². The van der Waals surface area contributed by atoms with Crippen LogP contribution in [-0.2, 0) is 19.7 Å². The van der Waals surface area contributed by atoms with E-state index in [-0.39, 0.29) is 18.3 Å². The molecule has 186 valence electrons. The Morgan fingerprint density at radius 1 is 1.21 bits per heavy atom. The zero-order chi connectivity index (χ0) is 25.6. The Labute approximate surface area is 197 Å². The molecular weight excluding hydrogens is 469 g/mol. The van der Waals surface area contributed by atoms with Crippen molar-refractivity contribution in [2.75, 3.05) is 17.6 Å². The van der Waals surface area contributed by atoms with Crippen LogP contribution in [0.2, 0.25) is 0 Å². The molecule has 0 saturated heterocycles. The Hall–Kier alpha value is -2.93. The lowest BCUT2D eigenvalue weighted by Gasteiger charge is -2.20. The van der Waals surface area contributed by atoms with Gasteiger partial charge in [0.05, 0.1) is 36.3 Å². The number of hydrogen-bond acceptors (Lipinski definition) is 9. The van der Waals surface area contributed by atoms with Gasteiger partial charge in [0.25, 0.3) is 0 Å². The second kappa shape index (κ2) is 11.5. The van der Waals surface area contributed by atoms with Crippen LogP contribution in [0.3, 0.4) is 0 Å². The van der Waals surface area contributed by atoms with Crippen LogP contribution in [0.25, 0.3) is 17.3 Å². The highest BCUT2D eigenvalue weighted by Gasteiger charge is 2.22. The summed E-state index contributed by atoms with van der Waals surface area (Å²) in [6, 6.07) is 5.46. The van der Waals surface area contributed by atoms with E-state index < -0.39 is 40.4 Å². The Morgan fingerprint density at radius 3 is 2.35 bits per heavy atom. The summed E-state index contributed by atoms with van der Waals surface area (Å²) in [4.78, 5) is 23.4. The number of anilines is 1. The van der Waals surface area contributed by atoms with Crippen LogP contribution in [-0.4, -0.2) is 65.3 Å². The molecule has 0 fully saturated rings. The van der Waals surface area contributed by atoms with E-state index in [1.807, 2.05) is 13.8 Å². The first-order valence-corrected chi connectivity index (χ1v) is 12.2. The zero-order valence-corrected chi connectivity index (χ0v) is 20.0. The Balaban J connectivity index is 2.57. The monoisotopic (exact) mass is 497 g/mol. The normalized spacial score (nSPS) is 13.8. The number of benzene rings is 1. The van der Waals surface area contributed by atoms with E-state index in [0.29, 0.717) is 22.5 Å². The molecule has 1 aromatic heterocycles. The van der Waals surface area contributed by atoms with Gasteiger partial charge in [-0.1, -0.05) is 26.0 Å². The SMILES string of the molecule is CC(C)c1nc(N(C)S(C)(=O)=O)nc(-c2ccc(F)cc2)c1C=C[C@@H](O)C[C@@H](O)CC(=O)OO. The van der Waals surface area contributed by atoms with Crippen molar-refractivity contribution in [2.45, 2.75) is 44.8 Å². The molecule has 0 amide bonds. The van der Waals surface area contributed by atoms with Crippen molar-refractivity contribution in [3.63, 3.8) is 0 Å². The molecule has 2 atom stereocenters. The fraction of sp³-hybridized carbons (Fsp3) is 0.409. The van der Waals surface area contributed by atoms with Crippen molar-refractivity contribution in [3.8, 4) is 11.3 Å². The van der Waals surface area contributed by atoms with Crippen molar-refractivity contribution in [3.05, 3.63) is 47.4 Å². The molecule has 0 spiro atoms. The highest BCUT2D eigenvalue weighted by atomic mass is 32.2. The Kier molecular flexibility index (Phi) is 9.21. The molecule has 0 bridgehead atoms. The molecule has 1 aromatic carbocycles. The molecule has 0 aliphatic heterocycles. The molecule has 3 N–H and O–H groups in total. The van der Waals surface area contributed by atoms with Gasteiger partial charge in [-0.15, -0.1) is 0 Å². The van der Waals surface area contributed by atoms with Gasteiger partial charge < -0.3 is 15.1 Å². The van der Waals surface area contributed by atoms with Gasteiger partial charge in [-0.05, 0) is 30.2 Å². The molecular formula is C22H28FN3O7S. The van der Waals surface area contributed by atoms with Crippen LogP contribution in [0, 0.1) is 5.82 Å². The van der Waals surface area contributed by atoms with Gasteiger partial charge in [-0.2, -0.15) is 5.26 Å². The maximum atomic E-state index is 13.5. The van der Waals surface area contributed by atoms with E-state index in [1.165, 1.54) is 43.5 Å². The summed E-state index contributed by atoms with van der Waals surface area (Å²) in [5.41, 5.74) is 1.76. The number of hydrogen-bond donors (Lipinski definition) is 3. The number of nitrogens with zero attached hydrogens (tertiary/aromatic N) is 3. The highest BCUT2D eigenvalue weighted by Crippen LogP contribution is 2.31. The Morgan fingerprint density at radius 2 is 1.82 bits per heavy atom. The first-order chi connectivity index (χ1) is 15.8. The predicted molar refractivity (Wildman–Crippen MR) is 124 cm³/mol. The standard InChI is InChI=1S/C22H28FN3O7S/c1-13(2)20-18(10-9-16(27)11-17(28)12-19(29)33-30)21(14-5-7-15(23)8-6-14)25-22(24-20)26(3)34(4,31)32/h5-10,13,16-17,27-28,30H,11-12H2,1-4H3/t16-,17-/m1/s1. The van der Waals surface area contributed by atoms with Crippen molar-refractivity contribution in [2.24, 2.45) is 0 Å². The van der Waals surface area contributed by atoms with Crippen LogP contribution in [0.5, 0.6) is 0 Å². The van der Waals surface area contributed by atoms with Crippen LogP contribution in [0.1, 0.15) is 43.9 Å². The molecule has 1 heterocycles. The van der Waals surface area contributed by atoms with Gasteiger partial charge in [0.2, 0.25) is 16.0 Å². The lowest BCUT2D eigenvalue weighted by molar-refractivity contribution is -0.236. The number of carbonyl (C=O) groups is 1. The lowest BCUT2D eigenvalue weighted by atomic mass is 9.97. The first-order valence-electron chi connectivity index (χ1n) is 10.3. The zero-order valence-electron chi connectivity index (χ0n) is 19.2. The second-order valence-corrected chi connectivity index (χ2v) is 10.1. The third kappa shape index (κ3) is 7.29. The van der Waals surface area contributed by atoms with Gasteiger partial charge in [-0.25, -0.2) is 31.9 Å². The molecule has 0 aliphatic rings. The summed E-state index contributed by atoms with van der Waals surface area (Å²) < 4.78 is 38.6. The van der Waals surface area contributed by atoms with Gasteiger partial charge in [0.1, 0.15) is 5.82 Å². The van der Waals surface area contributed by atoms with Gasteiger partial charge >= 0.3 is 5.97 Å². The van der Waals surface area contributed by atoms with E-state index in [0.717, 1.165) is 10.6 Å². The lowest BCUT2D eigenvalue weighted by Crippen LogP contribution is -2.27. The number of carbonyl (C=O) groups excluding carboxylic acids is 1. The summed E-state index contributed by atoms with van der Waals surface area (Å²) in [6.07, 6.45) is 0.749. The Bertz CT molecular complexity index is 1140. The molecule has 0 saturated carbocycles. The number of aromatic nitrogens is 2. The van der Waals surface area contributed by atoms with Crippen molar-refractivity contribution >= 4 is 28.0 Å². The molecule has 0 aliphatic carbocycles. The number of aliphatic hydroxyl groups excluding tert-OH is 2. The fourth-order valence-electron chi connectivity index (χ4n) is 3.07. The van der Waals surface area contributed by atoms with Crippen molar-refractivity contribution in [1.82, 2.24) is 9.97 Å². The fourth-order valence-corrected chi connectivity index (χ4v) is 3.45. The predicted octanol–water partition coefficient (Wildman–Crippen LogP) is 2.33.